The van der Waals surface area contributed by atoms with Gasteiger partial charge in [-0.2, -0.15) is 0 Å². The lowest BCUT2D eigenvalue weighted by molar-refractivity contribution is -0.147. The summed E-state index contributed by atoms with van der Waals surface area (Å²) in [6.07, 6.45) is 0. The molecule has 17 heavy (non-hydrogen) atoms. The maximum absolute atomic E-state index is 11.9. The summed E-state index contributed by atoms with van der Waals surface area (Å²) in [5, 5.41) is 12.4. The van der Waals surface area contributed by atoms with Crippen LogP contribution in [0.1, 0.15) is 0 Å². The summed E-state index contributed by atoms with van der Waals surface area (Å²) in [5.41, 5.74) is -0.393. The largest absolute Gasteiger partial charge is 0.474 e. The Bertz CT molecular complexity index is 662. The number of carboxylic acid groups (broad SMARTS) is 1. The number of hydrogen-bond acceptors (Lipinski definition) is 4. The number of amides is 1. The van der Waals surface area contributed by atoms with Crippen LogP contribution in [0, 0.1) is 0 Å². The zero-order chi connectivity index (χ0) is 12.4. The van der Waals surface area contributed by atoms with Crippen molar-refractivity contribution in [3.8, 4) is 0 Å². The number of nitrogens with one attached hydrogen (secondary N) is 1. The number of aliphatic carboxylic acids is 1. The quantitative estimate of drug-likeness (QED) is 0.746. The summed E-state index contributed by atoms with van der Waals surface area (Å²) in [7, 11) is 0. The molecule has 5 nitrogen and oxygen atoms in total. The van der Waals surface area contributed by atoms with E-state index in [9.17, 15) is 14.4 Å². The smallest absolute Gasteiger partial charge is 0.394 e. The predicted molar refractivity (Wildman–Crippen MR) is 64.4 cm³/mol. The molecule has 0 aliphatic rings. The Morgan fingerprint density at radius 1 is 1.24 bits per heavy atom. The lowest BCUT2D eigenvalue weighted by Gasteiger charge is -2.02. The third kappa shape index (κ3) is 2.16. The van der Waals surface area contributed by atoms with Crippen molar-refractivity contribution in [1.82, 2.24) is 0 Å². The number of carbonyl (C=O) groups excluding carboxylic acids is 1. The molecule has 2 N–H and O–H groups in total. The minimum Gasteiger partial charge on any atom is -0.474 e. The van der Waals surface area contributed by atoms with Crippen LogP contribution in [0.15, 0.2) is 34.4 Å². The molecule has 6 heteroatoms. The Morgan fingerprint density at radius 3 is 2.65 bits per heavy atom. The molecule has 1 aromatic carbocycles. The normalized spacial score (nSPS) is 10.1. The summed E-state index contributed by atoms with van der Waals surface area (Å²) in [6, 6.07) is 6.92. The molecule has 0 radical (unpaired) electrons. The van der Waals surface area contributed by atoms with Crippen LogP contribution in [-0.4, -0.2) is 17.0 Å². The molecule has 1 heterocycles. The molecule has 0 saturated heterocycles. The average Bonchev–Trinajstić information content (AvgIpc) is 2.33. The zero-order valence-corrected chi connectivity index (χ0v) is 9.28. The lowest BCUT2D eigenvalue weighted by atomic mass is 10.2. The highest BCUT2D eigenvalue weighted by atomic mass is 32.1. The van der Waals surface area contributed by atoms with Gasteiger partial charge in [-0.15, -0.1) is 11.3 Å². The lowest BCUT2D eigenvalue weighted by Crippen LogP contribution is -2.25. The average molecular weight is 249 g/mol. The van der Waals surface area contributed by atoms with Gasteiger partial charge in [-0.25, -0.2) is 4.79 Å². The van der Waals surface area contributed by atoms with E-state index in [0.717, 1.165) is 4.70 Å². The Morgan fingerprint density at radius 2 is 1.94 bits per heavy atom. The number of fused-ring (bicyclic) bond motifs is 1. The summed E-state index contributed by atoms with van der Waals surface area (Å²) in [4.78, 5) is 33.2. The summed E-state index contributed by atoms with van der Waals surface area (Å²) < 4.78 is 0.783. The number of carboxylic acids is 1. The highest BCUT2D eigenvalue weighted by Crippen LogP contribution is 2.18. The van der Waals surface area contributed by atoms with Crippen LogP contribution >= 0.6 is 11.3 Å². The zero-order valence-electron chi connectivity index (χ0n) is 8.47. The molecule has 0 aliphatic carbocycles. The minimum atomic E-state index is -1.62. The van der Waals surface area contributed by atoms with E-state index in [-0.39, 0.29) is 11.1 Å². The van der Waals surface area contributed by atoms with E-state index >= 15 is 0 Å². The van der Waals surface area contributed by atoms with E-state index in [4.69, 9.17) is 5.11 Å². The maximum Gasteiger partial charge on any atom is 0.394 e. The second-order valence-electron chi connectivity index (χ2n) is 3.23. The molecule has 1 amide bonds. The van der Waals surface area contributed by atoms with Gasteiger partial charge < -0.3 is 10.4 Å². The Hall–Kier alpha value is -2.21. The SMILES string of the molecule is O=C(O)C(=O)Nc1csc2ccccc2c1=O. The molecule has 2 rings (SSSR count). The van der Waals surface area contributed by atoms with Crippen LogP contribution in [0.4, 0.5) is 5.69 Å². The third-order valence-corrected chi connectivity index (χ3v) is 3.09. The van der Waals surface area contributed by atoms with Gasteiger partial charge in [0.15, 0.2) is 0 Å². The van der Waals surface area contributed by atoms with Gasteiger partial charge in [-0.3, -0.25) is 9.59 Å². The molecule has 0 unspecified atom stereocenters. The van der Waals surface area contributed by atoms with Crippen LogP contribution in [0.25, 0.3) is 10.1 Å². The van der Waals surface area contributed by atoms with Gasteiger partial charge in [-0.05, 0) is 12.1 Å². The molecule has 1 aromatic heterocycles. The van der Waals surface area contributed by atoms with Crippen LogP contribution < -0.4 is 10.7 Å². The van der Waals surface area contributed by atoms with E-state index in [1.807, 2.05) is 0 Å². The fraction of sp³-hybridized carbons (Fsp3) is 0. The van der Waals surface area contributed by atoms with Crippen molar-refractivity contribution in [2.45, 2.75) is 0 Å². The highest BCUT2D eigenvalue weighted by molar-refractivity contribution is 7.16. The van der Waals surface area contributed by atoms with Crippen LogP contribution in [-0.2, 0) is 9.59 Å². The second kappa shape index (κ2) is 4.34. The summed E-state index contributed by atoms with van der Waals surface area (Å²) in [6.45, 7) is 0. The van der Waals surface area contributed by atoms with Crippen LogP contribution in [0.2, 0.25) is 0 Å². The van der Waals surface area contributed by atoms with Crippen molar-refractivity contribution in [1.29, 1.82) is 0 Å². The fourth-order valence-corrected chi connectivity index (χ4v) is 2.20. The van der Waals surface area contributed by atoms with Gasteiger partial charge in [0.2, 0.25) is 5.43 Å². The molecular formula is C11H7NO4S. The van der Waals surface area contributed by atoms with Crippen molar-refractivity contribution in [2.75, 3.05) is 5.32 Å². The highest BCUT2D eigenvalue weighted by Gasteiger charge is 2.14. The monoisotopic (exact) mass is 249 g/mol. The van der Waals surface area contributed by atoms with Gasteiger partial charge in [0.05, 0.1) is 5.69 Å². The summed E-state index contributed by atoms with van der Waals surface area (Å²) in [5.74, 6) is -2.84. The van der Waals surface area contributed by atoms with Gasteiger partial charge in [-0.1, -0.05) is 12.1 Å². The topological polar surface area (TPSA) is 83.5 Å². The van der Waals surface area contributed by atoms with E-state index in [2.05, 4.69) is 5.32 Å². The Balaban J connectivity index is 2.50. The van der Waals surface area contributed by atoms with Crippen molar-refractivity contribution in [3.63, 3.8) is 0 Å². The van der Waals surface area contributed by atoms with Crippen molar-refractivity contribution < 1.29 is 14.7 Å². The number of hydrogen-bond donors (Lipinski definition) is 2. The molecular weight excluding hydrogens is 242 g/mol. The first-order valence-corrected chi connectivity index (χ1v) is 5.52. The fourth-order valence-electron chi connectivity index (χ4n) is 1.34. The first-order valence-electron chi connectivity index (χ1n) is 4.64. The molecule has 0 fully saturated rings. The molecule has 0 atom stereocenters. The first-order chi connectivity index (χ1) is 8.09. The molecule has 0 saturated carbocycles. The number of rotatable bonds is 1. The van der Waals surface area contributed by atoms with E-state index in [0.29, 0.717) is 5.39 Å². The maximum atomic E-state index is 11.9. The molecule has 0 spiro atoms. The Labute approximate surface area is 99.3 Å². The van der Waals surface area contributed by atoms with Gasteiger partial charge in [0.1, 0.15) is 0 Å². The number of benzene rings is 1. The predicted octanol–water partition coefficient (Wildman–Crippen LogP) is 1.28. The van der Waals surface area contributed by atoms with E-state index in [1.165, 1.54) is 16.7 Å². The van der Waals surface area contributed by atoms with E-state index in [1.54, 1.807) is 24.3 Å². The van der Waals surface area contributed by atoms with Gasteiger partial charge in [0.25, 0.3) is 0 Å². The molecule has 0 aliphatic heterocycles. The van der Waals surface area contributed by atoms with Crippen LogP contribution in [0.3, 0.4) is 0 Å². The van der Waals surface area contributed by atoms with Crippen LogP contribution in [0.5, 0.6) is 0 Å². The van der Waals surface area contributed by atoms with Gasteiger partial charge in [0, 0.05) is 15.5 Å². The minimum absolute atomic E-state index is 0.0129. The van der Waals surface area contributed by atoms with Crippen molar-refractivity contribution in [2.24, 2.45) is 0 Å². The third-order valence-electron chi connectivity index (χ3n) is 2.12. The Kier molecular flexibility index (Phi) is 2.88. The summed E-state index contributed by atoms with van der Waals surface area (Å²) >= 11 is 1.26. The second-order valence-corrected chi connectivity index (χ2v) is 4.15. The van der Waals surface area contributed by atoms with E-state index < -0.39 is 11.9 Å². The number of carbonyl (C=O) groups is 2. The van der Waals surface area contributed by atoms with Gasteiger partial charge >= 0.3 is 11.9 Å². The standard InChI is InChI=1S/C11H7NO4S/c13-9-6-3-1-2-4-8(6)17-5-7(9)12-10(14)11(15)16/h1-5H,(H,12,14)(H,15,16). The molecule has 0 bridgehead atoms. The van der Waals surface area contributed by atoms with Crippen molar-refractivity contribution in [3.05, 3.63) is 39.9 Å². The molecule has 2 aromatic rings. The first kappa shape index (κ1) is 11.3. The number of anilines is 1. The molecule has 86 valence electrons. The van der Waals surface area contributed by atoms with Crippen molar-refractivity contribution >= 4 is 39.0 Å².